The minimum absolute atomic E-state index is 0. The van der Waals surface area contributed by atoms with E-state index >= 15 is 0 Å². The van der Waals surface area contributed by atoms with Crippen molar-refractivity contribution in [3.05, 3.63) is 34.9 Å². The van der Waals surface area contributed by atoms with Crippen LogP contribution in [0.5, 0.6) is 0 Å². The molecule has 124 valence electrons. The van der Waals surface area contributed by atoms with E-state index < -0.39 is 6.41 Å². The van der Waals surface area contributed by atoms with Crippen LogP contribution in [0.25, 0.3) is 0 Å². The van der Waals surface area contributed by atoms with E-state index in [1.807, 2.05) is 18.2 Å². The number of nitrogens with two attached hydrogens (primary N) is 1. The number of ether oxygens (including phenoxy) is 1. The average Bonchev–Trinajstić information content (AvgIpc) is 2.93. The van der Waals surface area contributed by atoms with Gasteiger partial charge in [0.15, 0.2) is 0 Å². The van der Waals surface area contributed by atoms with Gasteiger partial charge in [-0.3, -0.25) is 4.90 Å². The molecule has 0 spiro atoms. The van der Waals surface area contributed by atoms with Crippen molar-refractivity contribution in [1.82, 2.24) is 4.90 Å². The van der Waals surface area contributed by atoms with Gasteiger partial charge in [-0.1, -0.05) is 23.7 Å². The Balaban J connectivity index is 0.00000176. The molecule has 2 aliphatic rings. The first-order chi connectivity index (χ1) is 10.1. The summed E-state index contributed by atoms with van der Waals surface area (Å²) in [5.41, 5.74) is 7.38. The van der Waals surface area contributed by atoms with Gasteiger partial charge in [-0.25, -0.2) is 0 Å². The molecule has 1 atom stereocenters. The number of nitrogens with zero attached hydrogens (tertiary/aromatic N) is 1. The molecule has 1 aliphatic heterocycles. The van der Waals surface area contributed by atoms with Gasteiger partial charge in [0.25, 0.3) is 0 Å². The molecule has 1 heterocycles. The molecule has 0 radical (unpaired) electrons. The molecular weight excluding hydrogens is 323 g/mol. The zero-order valence-electron chi connectivity index (χ0n) is 12.6. The van der Waals surface area contributed by atoms with Crippen LogP contribution in [0.2, 0.25) is 5.02 Å². The summed E-state index contributed by atoms with van der Waals surface area (Å²) < 4.78 is 5.24. The van der Waals surface area contributed by atoms with Gasteiger partial charge >= 0.3 is 0 Å². The SMILES string of the molecule is Cl.NCC1(c2cccc(Cl)c2)CCC(N2CCOC2O)CC1. The van der Waals surface area contributed by atoms with Crippen molar-refractivity contribution in [3.63, 3.8) is 0 Å². The van der Waals surface area contributed by atoms with Gasteiger partial charge in [0, 0.05) is 29.6 Å². The molecule has 1 aliphatic carbocycles. The second-order valence-corrected chi connectivity index (χ2v) is 6.60. The fraction of sp³-hybridized carbons (Fsp3) is 0.625. The van der Waals surface area contributed by atoms with Gasteiger partial charge < -0.3 is 15.6 Å². The van der Waals surface area contributed by atoms with Crippen LogP contribution >= 0.6 is 24.0 Å². The van der Waals surface area contributed by atoms with Crippen LogP contribution in [0.3, 0.4) is 0 Å². The zero-order chi connectivity index (χ0) is 14.9. The monoisotopic (exact) mass is 346 g/mol. The number of rotatable bonds is 3. The summed E-state index contributed by atoms with van der Waals surface area (Å²) in [6.45, 7) is 2.08. The van der Waals surface area contributed by atoms with Crippen molar-refractivity contribution in [2.24, 2.45) is 5.73 Å². The first-order valence-electron chi connectivity index (χ1n) is 7.66. The second-order valence-electron chi connectivity index (χ2n) is 6.16. The Bertz CT molecular complexity index is 493. The minimum atomic E-state index is -0.730. The van der Waals surface area contributed by atoms with Crippen LogP contribution < -0.4 is 5.73 Å². The molecule has 1 aromatic carbocycles. The fourth-order valence-electron chi connectivity index (χ4n) is 3.75. The first kappa shape index (κ1) is 18.0. The maximum absolute atomic E-state index is 9.84. The first-order valence-corrected chi connectivity index (χ1v) is 8.04. The van der Waals surface area contributed by atoms with E-state index in [0.29, 0.717) is 19.2 Å². The molecule has 0 aromatic heterocycles. The van der Waals surface area contributed by atoms with Gasteiger partial charge in [0.1, 0.15) is 0 Å². The Morgan fingerprint density at radius 2 is 2.09 bits per heavy atom. The van der Waals surface area contributed by atoms with E-state index in [4.69, 9.17) is 22.1 Å². The standard InChI is InChI=1S/C16H23ClN2O2.ClH/c17-13-3-1-2-12(10-13)16(11-18)6-4-14(5-7-16)19-8-9-21-15(19)20;/h1-3,10,14-15,20H,4-9,11,18H2;1H. The largest absolute Gasteiger partial charge is 0.356 e. The second kappa shape index (κ2) is 7.47. The third-order valence-corrected chi connectivity index (χ3v) is 5.34. The van der Waals surface area contributed by atoms with E-state index in [0.717, 1.165) is 37.3 Å². The van der Waals surface area contributed by atoms with E-state index in [1.54, 1.807) is 0 Å². The molecule has 1 aromatic rings. The summed E-state index contributed by atoms with van der Waals surface area (Å²) in [6.07, 6.45) is 3.38. The highest BCUT2D eigenvalue weighted by Gasteiger charge is 2.40. The van der Waals surface area contributed by atoms with E-state index in [-0.39, 0.29) is 17.8 Å². The molecule has 1 unspecified atom stereocenters. The molecule has 2 fully saturated rings. The lowest BCUT2D eigenvalue weighted by molar-refractivity contribution is -0.149. The Hall–Kier alpha value is -0.360. The van der Waals surface area contributed by atoms with Crippen molar-refractivity contribution in [3.8, 4) is 0 Å². The van der Waals surface area contributed by atoms with Crippen LogP contribution in [0.4, 0.5) is 0 Å². The highest BCUT2D eigenvalue weighted by Crippen LogP contribution is 2.41. The van der Waals surface area contributed by atoms with Crippen LogP contribution in [0, 0.1) is 0 Å². The predicted octanol–water partition coefficient (Wildman–Crippen LogP) is 2.51. The summed E-state index contributed by atoms with van der Waals surface area (Å²) in [4.78, 5) is 2.07. The van der Waals surface area contributed by atoms with E-state index in [2.05, 4.69) is 11.0 Å². The number of hydrogen-bond acceptors (Lipinski definition) is 4. The summed E-state index contributed by atoms with van der Waals surface area (Å²) in [7, 11) is 0. The van der Waals surface area contributed by atoms with Crippen LogP contribution in [0.1, 0.15) is 31.2 Å². The maximum Gasteiger partial charge on any atom is 0.216 e. The summed E-state index contributed by atoms with van der Waals surface area (Å²) >= 11 is 6.14. The Labute approximate surface area is 143 Å². The minimum Gasteiger partial charge on any atom is -0.356 e. The van der Waals surface area contributed by atoms with E-state index in [9.17, 15) is 5.11 Å². The lowest BCUT2D eigenvalue weighted by Gasteiger charge is -2.42. The molecule has 0 bridgehead atoms. The summed E-state index contributed by atoms with van der Waals surface area (Å²) in [6, 6.07) is 8.47. The summed E-state index contributed by atoms with van der Waals surface area (Å²) in [5, 5.41) is 10.6. The highest BCUT2D eigenvalue weighted by molar-refractivity contribution is 6.30. The molecule has 3 rings (SSSR count). The van der Waals surface area contributed by atoms with Crippen molar-refractivity contribution in [2.45, 2.75) is 43.6 Å². The highest BCUT2D eigenvalue weighted by atomic mass is 35.5. The van der Waals surface area contributed by atoms with Crippen LogP contribution in [-0.2, 0) is 10.2 Å². The number of hydrogen-bond donors (Lipinski definition) is 2. The molecular formula is C16H24Cl2N2O2. The maximum atomic E-state index is 9.84. The fourth-order valence-corrected chi connectivity index (χ4v) is 3.94. The van der Waals surface area contributed by atoms with E-state index in [1.165, 1.54) is 5.56 Å². The smallest absolute Gasteiger partial charge is 0.216 e. The molecule has 1 saturated carbocycles. The summed E-state index contributed by atoms with van der Waals surface area (Å²) in [5.74, 6) is 0. The third kappa shape index (κ3) is 3.42. The molecule has 22 heavy (non-hydrogen) atoms. The van der Waals surface area contributed by atoms with Crippen LogP contribution in [0.15, 0.2) is 24.3 Å². The molecule has 6 heteroatoms. The van der Waals surface area contributed by atoms with Gasteiger partial charge in [-0.15, -0.1) is 12.4 Å². The van der Waals surface area contributed by atoms with Crippen molar-refractivity contribution in [2.75, 3.05) is 19.7 Å². The van der Waals surface area contributed by atoms with Crippen molar-refractivity contribution >= 4 is 24.0 Å². The third-order valence-electron chi connectivity index (χ3n) is 5.11. The quantitative estimate of drug-likeness (QED) is 0.882. The van der Waals surface area contributed by atoms with Gasteiger partial charge in [0.2, 0.25) is 6.41 Å². The van der Waals surface area contributed by atoms with Crippen LogP contribution in [-0.4, -0.2) is 42.2 Å². The number of halogens is 2. The normalized spacial score (nSPS) is 32.7. The Morgan fingerprint density at radius 3 is 2.64 bits per heavy atom. The molecule has 3 N–H and O–H groups in total. The van der Waals surface area contributed by atoms with Crippen molar-refractivity contribution < 1.29 is 9.84 Å². The topological polar surface area (TPSA) is 58.7 Å². The van der Waals surface area contributed by atoms with Gasteiger partial charge in [-0.2, -0.15) is 0 Å². The Kier molecular flexibility index (Phi) is 6.11. The Morgan fingerprint density at radius 1 is 1.36 bits per heavy atom. The lowest BCUT2D eigenvalue weighted by atomic mass is 9.68. The van der Waals surface area contributed by atoms with Gasteiger partial charge in [-0.05, 0) is 43.4 Å². The van der Waals surface area contributed by atoms with Gasteiger partial charge in [0.05, 0.1) is 6.61 Å². The lowest BCUT2D eigenvalue weighted by Crippen LogP contribution is -2.47. The predicted molar refractivity (Wildman–Crippen MR) is 90.4 cm³/mol. The molecule has 1 saturated heterocycles. The number of benzene rings is 1. The zero-order valence-corrected chi connectivity index (χ0v) is 14.2. The molecule has 4 nitrogen and oxygen atoms in total. The average molecular weight is 347 g/mol. The number of aliphatic hydroxyl groups excluding tert-OH is 1. The van der Waals surface area contributed by atoms with Crippen molar-refractivity contribution in [1.29, 1.82) is 0 Å². The number of aliphatic hydroxyl groups is 1. The molecule has 0 amide bonds.